The fraction of sp³-hybridized carbons (Fsp3) is 0.235. The Morgan fingerprint density at radius 1 is 1.05 bits per heavy atom. The van der Waals surface area contributed by atoms with Gasteiger partial charge in [0.1, 0.15) is 6.17 Å². The summed E-state index contributed by atoms with van der Waals surface area (Å²) in [6, 6.07) is 13.1. The average Bonchev–Trinajstić information content (AvgIpc) is 2.86. The van der Waals surface area contributed by atoms with Gasteiger partial charge < -0.3 is 9.47 Å². The fourth-order valence-corrected chi connectivity index (χ4v) is 2.84. The first kappa shape index (κ1) is 14.4. The zero-order chi connectivity index (χ0) is 15.7. The lowest BCUT2D eigenvalue weighted by Gasteiger charge is -2.25. The van der Waals surface area contributed by atoms with Gasteiger partial charge in [-0.15, -0.1) is 0 Å². The summed E-state index contributed by atoms with van der Waals surface area (Å²) in [6.45, 7) is 0. The molecule has 5 heteroatoms. The topological polar surface area (TPSA) is 50.8 Å². The Morgan fingerprint density at radius 2 is 1.77 bits per heavy atom. The van der Waals surface area contributed by atoms with Crippen molar-refractivity contribution in [1.82, 2.24) is 5.32 Å². The van der Waals surface area contributed by atoms with Crippen molar-refractivity contribution < 1.29 is 14.3 Å². The Morgan fingerprint density at radius 3 is 2.45 bits per heavy atom. The highest BCUT2D eigenvalue weighted by Gasteiger charge is 2.36. The maximum absolute atomic E-state index is 12.7. The highest BCUT2D eigenvalue weighted by Crippen LogP contribution is 2.39. The van der Waals surface area contributed by atoms with Crippen LogP contribution in [-0.2, 0) is 0 Å². The first-order chi connectivity index (χ1) is 10.7. The molecule has 1 heterocycles. The Hall–Kier alpha value is -2.53. The van der Waals surface area contributed by atoms with E-state index in [4.69, 9.17) is 9.47 Å². The Labute approximate surface area is 129 Å². The van der Waals surface area contributed by atoms with Crippen molar-refractivity contribution in [1.29, 1.82) is 0 Å². The maximum atomic E-state index is 12.7. The molecule has 0 fully saturated rings. The van der Waals surface area contributed by atoms with Crippen molar-refractivity contribution in [2.75, 3.05) is 26.2 Å². The minimum absolute atomic E-state index is 0.0258. The predicted octanol–water partition coefficient (Wildman–Crippen LogP) is 2.58. The second kappa shape index (κ2) is 5.69. The van der Waals surface area contributed by atoms with Crippen LogP contribution in [0.5, 0.6) is 11.5 Å². The molecule has 0 saturated carbocycles. The molecule has 114 valence electrons. The molecule has 0 aromatic heterocycles. The Kier molecular flexibility index (Phi) is 3.73. The lowest BCUT2D eigenvalue weighted by Crippen LogP contribution is -2.34. The molecule has 3 rings (SSSR count). The number of nitrogens with zero attached hydrogens (tertiary/aromatic N) is 1. The number of ether oxygens (including phenoxy) is 2. The van der Waals surface area contributed by atoms with Gasteiger partial charge in [0.15, 0.2) is 11.5 Å². The molecule has 2 aromatic carbocycles. The Bertz CT molecular complexity index is 715. The van der Waals surface area contributed by atoms with Crippen molar-refractivity contribution in [2.45, 2.75) is 6.17 Å². The summed E-state index contributed by atoms with van der Waals surface area (Å²) in [7, 11) is 5.01. The second-order valence-corrected chi connectivity index (χ2v) is 4.99. The highest BCUT2D eigenvalue weighted by atomic mass is 16.5. The van der Waals surface area contributed by atoms with Crippen molar-refractivity contribution in [3.8, 4) is 11.5 Å². The van der Waals surface area contributed by atoms with E-state index in [1.165, 1.54) is 0 Å². The minimum atomic E-state index is -0.193. The summed E-state index contributed by atoms with van der Waals surface area (Å²) >= 11 is 0. The molecule has 0 aliphatic carbocycles. The van der Waals surface area contributed by atoms with Crippen LogP contribution in [0, 0.1) is 0 Å². The van der Waals surface area contributed by atoms with E-state index in [1.807, 2.05) is 43.4 Å². The summed E-state index contributed by atoms with van der Waals surface area (Å²) in [5.41, 5.74) is 2.46. The normalized spacial score (nSPS) is 16.6. The monoisotopic (exact) mass is 298 g/mol. The first-order valence-corrected chi connectivity index (χ1v) is 7.03. The molecule has 2 aromatic rings. The van der Waals surface area contributed by atoms with Crippen LogP contribution in [0.15, 0.2) is 42.5 Å². The lowest BCUT2D eigenvalue weighted by atomic mass is 10.1. The molecule has 0 bridgehead atoms. The largest absolute Gasteiger partial charge is 0.493 e. The van der Waals surface area contributed by atoms with Crippen LogP contribution in [0.1, 0.15) is 22.1 Å². The van der Waals surface area contributed by atoms with Gasteiger partial charge in [-0.05, 0) is 25.2 Å². The summed E-state index contributed by atoms with van der Waals surface area (Å²) in [6.07, 6.45) is -0.193. The minimum Gasteiger partial charge on any atom is -0.493 e. The lowest BCUT2D eigenvalue weighted by molar-refractivity contribution is 0.0989. The van der Waals surface area contributed by atoms with Gasteiger partial charge in [-0.2, -0.15) is 0 Å². The van der Waals surface area contributed by atoms with Crippen LogP contribution in [0.4, 0.5) is 5.69 Å². The van der Waals surface area contributed by atoms with Gasteiger partial charge >= 0.3 is 0 Å². The summed E-state index contributed by atoms with van der Waals surface area (Å²) in [5.74, 6) is 1.21. The van der Waals surface area contributed by atoms with E-state index in [0.29, 0.717) is 11.5 Å². The van der Waals surface area contributed by atoms with E-state index >= 15 is 0 Å². The van der Waals surface area contributed by atoms with Gasteiger partial charge in [0.25, 0.3) is 5.91 Å². The quantitative estimate of drug-likeness (QED) is 0.942. The first-order valence-electron chi connectivity index (χ1n) is 7.03. The van der Waals surface area contributed by atoms with Crippen LogP contribution < -0.4 is 19.7 Å². The number of carbonyl (C=O) groups excluding carboxylic acids is 1. The van der Waals surface area contributed by atoms with Crippen molar-refractivity contribution in [3.63, 3.8) is 0 Å². The van der Waals surface area contributed by atoms with E-state index in [9.17, 15) is 4.79 Å². The Balaban J connectivity index is 2.07. The molecule has 1 aliphatic rings. The number of benzene rings is 2. The third-order valence-corrected chi connectivity index (χ3v) is 3.88. The third kappa shape index (κ3) is 2.10. The van der Waals surface area contributed by atoms with Crippen LogP contribution in [0.2, 0.25) is 0 Å². The van der Waals surface area contributed by atoms with Crippen molar-refractivity contribution in [2.24, 2.45) is 0 Å². The SMILES string of the molecule is CNC1c2ccccc2C(=O)N1c1ccc(OC)c(OC)c1. The molecule has 1 amide bonds. The van der Waals surface area contributed by atoms with Gasteiger partial charge in [-0.25, -0.2) is 0 Å². The molecule has 0 spiro atoms. The molecular formula is C17H18N2O3. The maximum Gasteiger partial charge on any atom is 0.260 e. The number of fused-ring (bicyclic) bond motifs is 1. The molecule has 0 saturated heterocycles. The summed E-state index contributed by atoms with van der Waals surface area (Å²) in [4.78, 5) is 14.5. The third-order valence-electron chi connectivity index (χ3n) is 3.88. The van der Waals surface area contributed by atoms with Crippen molar-refractivity contribution >= 4 is 11.6 Å². The van der Waals surface area contributed by atoms with E-state index in [2.05, 4.69) is 5.32 Å². The van der Waals surface area contributed by atoms with Crippen LogP contribution in [0.3, 0.4) is 0 Å². The molecule has 1 N–H and O–H groups in total. The number of hydrogen-bond donors (Lipinski definition) is 1. The van der Waals surface area contributed by atoms with E-state index in [-0.39, 0.29) is 12.1 Å². The van der Waals surface area contributed by atoms with Gasteiger partial charge in [-0.1, -0.05) is 18.2 Å². The molecule has 5 nitrogen and oxygen atoms in total. The highest BCUT2D eigenvalue weighted by molar-refractivity contribution is 6.11. The van der Waals surface area contributed by atoms with Crippen molar-refractivity contribution in [3.05, 3.63) is 53.6 Å². The van der Waals surface area contributed by atoms with Crippen LogP contribution >= 0.6 is 0 Å². The molecule has 1 unspecified atom stereocenters. The molecular weight excluding hydrogens is 280 g/mol. The number of methoxy groups -OCH3 is 2. The zero-order valence-electron chi connectivity index (χ0n) is 12.8. The molecule has 1 aliphatic heterocycles. The molecule has 1 atom stereocenters. The predicted molar refractivity (Wildman–Crippen MR) is 84.6 cm³/mol. The molecule has 0 radical (unpaired) electrons. The van der Waals surface area contributed by atoms with Gasteiger partial charge in [0, 0.05) is 22.9 Å². The second-order valence-electron chi connectivity index (χ2n) is 4.99. The number of hydrogen-bond acceptors (Lipinski definition) is 4. The van der Waals surface area contributed by atoms with Crippen LogP contribution in [0.25, 0.3) is 0 Å². The number of nitrogens with one attached hydrogen (secondary N) is 1. The van der Waals surface area contributed by atoms with E-state index < -0.39 is 0 Å². The number of rotatable bonds is 4. The standard InChI is InChI=1S/C17H18N2O3/c1-18-16-12-6-4-5-7-13(12)17(20)19(16)11-8-9-14(21-2)15(10-11)22-3/h4-10,16,18H,1-3H3. The number of anilines is 1. The summed E-state index contributed by atoms with van der Waals surface area (Å²) in [5, 5.41) is 3.20. The van der Waals surface area contributed by atoms with E-state index in [0.717, 1.165) is 16.8 Å². The molecule has 22 heavy (non-hydrogen) atoms. The zero-order valence-corrected chi connectivity index (χ0v) is 12.8. The fourth-order valence-electron chi connectivity index (χ4n) is 2.84. The smallest absolute Gasteiger partial charge is 0.260 e. The van der Waals surface area contributed by atoms with Gasteiger partial charge in [0.2, 0.25) is 0 Å². The van der Waals surface area contributed by atoms with Gasteiger partial charge in [-0.3, -0.25) is 15.0 Å². The summed E-state index contributed by atoms with van der Waals surface area (Å²) < 4.78 is 10.6. The number of carbonyl (C=O) groups is 1. The number of amides is 1. The van der Waals surface area contributed by atoms with Crippen LogP contribution in [-0.4, -0.2) is 27.2 Å². The average molecular weight is 298 g/mol. The van der Waals surface area contributed by atoms with Gasteiger partial charge in [0.05, 0.1) is 14.2 Å². The van der Waals surface area contributed by atoms with E-state index in [1.54, 1.807) is 25.2 Å².